The summed E-state index contributed by atoms with van der Waals surface area (Å²) in [6.07, 6.45) is 12.4. The summed E-state index contributed by atoms with van der Waals surface area (Å²) < 4.78 is 25.5. The highest BCUT2D eigenvalue weighted by Gasteiger charge is 2.67. The molecule has 4 aliphatic heterocycles. The van der Waals surface area contributed by atoms with Gasteiger partial charge in [-0.3, -0.25) is 9.80 Å². The molecule has 4 aliphatic carbocycles. The maximum Gasteiger partial charge on any atom is 0.509 e. The Hall–Kier alpha value is -4.21. The topological polar surface area (TPSA) is 101 Å². The fourth-order valence-corrected chi connectivity index (χ4v) is 11.5. The Bertz CT molecular complexity index is 1710. The molecule has 2 aromatic carbocycles. The fraction of sp³-hybridized carbons (Fsp3) is 0.462. The predicted octanol–water partition coefficient (Wildman–Crippen LogP) is 4.69. The number of nitrogens with zero attached hydrogens (tertiary/aromatic N) is 2. The van der Waals surface area contributed by atoms with Gasteiger partial charge >= 0.3 is 6.16 Å². The third-order valence-corrected chi connectivity index (χ3v) is 13.1. The zero-order valence-electron chi connectivity index (χ0n) is 26.8. The van der Waals surface area contributed by atoms with Crippen LogP contribution in [0.25, 0.3) is 0 Å². The second-order valence-electron chi connectivity index (χ2n) is 14.9. The standard InChI is InChI=1S/C39H40N2O7/c1-3-15-40-17-13-38-23-7-11-29(35(38)47-33-27(42)9-5-21(31(33)38)19-25(23)40)45-37(44)46-30-12-8-24-26-20-22-6-10-28(43)34-32(22)39(24,36(30)48-34)14-18-41(26)16-4-2/h3-12,23-26,29-30,35-36,42-43H,1-2,13-20H2/t23-,24-,25+,26?,29?,30-,35-,36-,38-,39-/m0/s1. The summed E-state index contributed by atoms with van der Waals surface area (Å²) in [5, 5.41) is 21.8. The number of hydrogen-bond donors (Lipinski definition) is 2. The number of phenols is 2. The minimum Gasteiger partial charge on any atom is -0.504 e. The van der Waals surface area contributed by atoms with Crippen LogP contribution < -0.4 is 9.47 Å². The third-order valence-electron chi connectivity index (χ3n) is 13.1. The SMILES string of the molecule is C=CCN1CC[C@]23c4c5ccc(O)c4O[C@H]2[C@@H](OC(=O)OC2C=C[C@H]4[C@H]6Cc7ccc(O)c8c7[C@@]4(CCN6CC=C)[C@H]2O8)C=C[C@H]3C1C5. The molecule has 8 aliphatic rings. The Labute approximate surface area is 279 Å². The van der Waals surface area contributed by atoms with Gasteiger partial charge in [0.1, 0.15) is 12.2 Å². The van der Waals surface area contributed by atoms with E-state index in [0.717, 1.165) is 63.0 Å². The molecule has 248 valence electrons. The summed E-state index contributed by atoms with van der Waals surface area (Å²) >= 11 is 0. The first-order valence-electron chi connectivity index (χ1n) is 17.4. The highest BCUT2D eigenvalue weighted by Crippen LogP contribution is 2.64. The number of benzene rings is 2. The van der Waals surface area contributed by atoms with Gasteiger partial charge in [0.05, 0.1) is 0 Å². The second kappa shape index (κ2) is 9.92. The van der Waals surface area contributed by atoms with Gasteiger partial charge in [0.25, 0.3) is 0 Å². The summed E-state index contributed by atoms with van der Waals surface area (Å²) in [4.78, 5) is 18.8. The van der Waals surface area contributed by atoms with Crippen LogP contribution in [0, 0.1) is 11.8 Å². The summed E-state index contributed by atoms with van der Waals surface area (Å²) in [6, 6.07) is 8.00. The largest absolute Gasteiger partial charge is 0.509 e. The molecule has 2 aromatic rings. The Morgan fingerprint density at radius 2 is 1.23 bits per heavy atom. The molecular formula is C39H40N2O7. The van der Waals surface area contributed by atoms with Crippen LogP contribution in [0.3, 0.4) is 0 Å². The zero-order chi connectivity index (χ0) is 32.5. The maximum absolute atomic E-state index is 13.8. The van der Waals surface area contributed by atoms with Crippen molar-refractivity contribution in [3.05, 3.63) is 96.1 Å². The summed E-state index contributed by atoms with van der Waals surface area (Å²) in [7, 11) is 0. The number of hydrogen-bond acceptors (Lipinski definition) is 9. The monoisotopic (exact) mass is 648 g/mol. The first kappa shape index (κ1) is 28.8. The van der Waals surface area contributed by atoms with Crippen LogP contribution >= 0.6 is 0 Å². The van der Waals surface area contributed by atoms with Gasteiger partial charge in [0.15, 0.2) is 35.2 Å². The number of phenolic OH excluding ortho intramolecular Hbond substituents is 2. The lowest BCUT2D eigenvalue weighted by atomic mass is 9.53. The lowest BCUT2D eigenvalue weighted by molar-refractivity contribution is -0.0891. The third kappa shape index (κ3) is 3.46. The van der Waals surface area contributed by atoms with Crippen LogP contribution in [0.1, 0.15) is 35.1 Å². The normalized spacial score (nSPS) is 38.7. The lowest BCUT2D eigenvalue weighted by Crippen LogP contribution is -2.66. The van der Waals surface area contributed by atoms with E-state index in [2.05, 4.69) is 35.1 Å². The minimum absolute atomic E-state index is 0.122. The van der Waals surface area contributed by atoms with Crippen molar-refractivity contribution in [3.63, 3.8) is 0 Å². The first-order chi connectivity index (χ1) is 23.4. The average Bonchev–Trinajstić information content (AvgIpc) is 3.62. The van der Waals surface area contributed by atoms with Crippen molar-refractivity contribution in [1.82, 2.24) is 9.80 Å². The van der Waals surface area contributed by atoms with E-state index < -0.39 is 41.4 Å². The molecule has 4 bridgehead atoms. The number of piperidine rings is 2. The molecule has 4 heterocycles. The molecule has 48 heavy (non-hydrogen) atoms. The number of aromatic hydroxyl groups is 2. The van der Waals surface area contributed by atoms with Crippen molar-refractivity contribution in [3.8, 4) is 23.0 Å². The molecule has 2 fully saturated rings. The van der Waals surface area contributed by atoms with E-state index in [1.807, 2.05) is 36.4 Å². The Morgan fingerprint density at radius 1 is 0.771 bits per heavy atom. The molecule has 10 atom stereocenters. The molecule has 9 heteroatoms. The molecule has 2 unspecified atom stereocenters. The van der Waals surface area contributed by atoms with Gasteiger partial charge in [0.2, 0.25) is 0 Å². The van der Waals surface area contributed by atoms with E-state index in [4.69, 9.17) is 18.9 Å². The number of likely N-dealkylation sites (tertiary alicyclic amines) is 2. The Morgan fingerprint density at radius 3 is 1.67 bits per heavy atom. The van der Waals surface area contributed by atoms with E-state index >= 15 is 0 Å². The molecule has 10 rings (SSSR count). The van der Waals surface area contributed by atoms with Crippen LogP contribution in [0.4, 0.5) is 4.79 Å². The molecule has 2 spiro atoms. The molecule has 2 saturated heterocycles. The molecule has 0 radical (unpaired) electrons. The molecule has 0 aromatic heterocycles. The summed E-state index contributed by atoms with van der Waals surface area (Å²) in [5.74, 6) is 1.59. The molecule has 2 N–H and O–H groups in total. The van der Waals surface area contributed by atoms with Gasteiger partial charge in [-0.1, -0.05) is 36.4 Å². The number of carbonyl (C=O) groups is 1. The second-order valence-corrected chi connectivity index (χ2v) is 14.9. The van der Waals surface area contributed by atoms with Gasteiger partial charge in [-0.2, -0.15) is 0 Å². The number of carbonyl (C=O) groups excluding carboxylic acids is 1. The van der Waals surface area contributed by atoms with E-state index in [1.54, 1.807) is 12.1 Å². The quantitative estimate of drug-likeness (QED) is 0.342. The average molecular weight is 649 g/mol. The van der Waals surface area contributed by atoms with Crippen LogP contribution in [-0.4, -0.2) is 88.8 Å². The van der Waals surface area contributed by atoms with Crippen LogP contribution in [0.15, 0.2) is 73.9 Å². The van der Waals surface area contributed by atoms with E-state index in [9.17, 15) is 15.0 Å². The van der Waals surface area contributed by atoms with Gasteiger partial charge in [-0.15, -0.1) is 13.2 Å². The molecular weight excluding hydrogens is 608 g/mol. The van der Waals surface area contributed by atoms with Gasteiger partial charge in [-0.05, 0) is 74.2 Å². The zero-order valence-corrected chi connectivity index (χ0v) is 26.8. The van der Waals surface area contributed by atoms with Crippen molar-refractivity contribution in [1.29, 1.82) is 0 Å². The van der Waals surface area contributed by atoms with E-state index in [0.29, 0.717) is 11.5 Å². The highest BCUT2D eigenvalue weighted by atomic mass is 16.7. The summed E-state index contributed by atoms with van der Waals surface area (Å²) in [5.41, 5.74) is 3.68. The van der Waals surface area contributed by atoms with Crippen LogP contribution in [-0.2, 0) is 33.1 Å². The van der Waals surface area contributed by atoms with Crippen LogP contribution in [0.2, 0.25) is 0 Å². The maximum atomic E-state index is 13.8. The molecule has 0 amide bonds. The predicted molar refractivity (Wildman–Crippen MR) is 177 cm³/mol. The van der Waals surface area contributed by atoms with Gasteiger partial charge < -0.3 is 29.2 Å². The van der Waals surface area contributed by atoms with Gasteiger partial charge in [0, 0.05) is 59.0 Å². The van der Waals surface area contributed by atoms with Crippen LogP contribution in [0.5, 0.6) is 23.0 Å². The number of rotatable bonds is 6. The molecule has 0 saturated carbocycles. The summed E-state index contributed by atoms with van der Waals surface area (Å²) in [6.45, 7) is 11.3. The fourth-order valence-electron chi connectivity index (χ4n) is 11.5. The van der Waals surface area contributed by atoms with Crippen molar-refractivity contribution >= 4 is 6.16 Å². The Balaban J connectivity index is 0.960. The highest BCUT2D eigenvalue weighted by molar-refractivity contribution is 5.66. The smallest absolute Gasteiger partial charge is 0.504 e. The minimum atomic E-state index is -0.787. The van der Waals surface area contributed by atoms with Crippen molar-refractivity contribution < 1.29 is 34.0 Å². The van der Waals surface area contributed by atoms with E-state index in [1.165, 1.54) is 11.1 Å². The van der Waals surface area contributed by atoms with Crippen molar-refractivity contribution in [2.75, 3.05) is 26.2 Å². The van der Waals surface area contributed by atoms with E-state index in [-0.39, 0.29) is 35.4 Å². The van der Waals surface area contributed by atoms with Gasteiger partial charge in [-0.25, -0.2) is 4.79 Å². The van der Waals surface area contributed by atoms with Crippen molar-refractivity contribution in [2.24, 2.45) is 11.8 Å². The first-order valence-corrected chi connectivity index (χ1v) is 17.4. The lowest BCUT2D eigenvalue weighted by Gasteiger charge is -2.57. The molecule has 9 nitrogen and oxygen atoms in total. The number of ether oxygens (including phenoxy) is 4. The Kier molecular flexibility index (Phi) is 5.95. The van der Waals surface area contributed by atoms with Crippen molar-refractivity contribution in [2.45, 2.75) is 73.0 Å².